The summed E-state index contributed by atoms with van der Waals surface area (Å²) in [6, 6.07) is 1.65. The molecule has 0 aromatic carbocycles. The zero-order valence-corrected chi connectivity index (χ0v) is 16.0. The van der Waals surface area contributed by atoms with Gasteiger partial charge in [-0.05, 0) is 25.3 Å². The van der Waals surface area contributed by atoms with Crippen molar-refractivity contribution in [1.29, 1.82) is 0 Å². The van der Waals surface area contributed by atoms with Gasteiger partial charge in [0.15, 0.2) is 5.82 Å². The summed E-state index contributed by atoms with van der Waals surface area (Å²) in [7, 11) is 0. The first-order valence-electron chi connectivity index (χ1n) is 9.77. The van der Waals surface area contributed by atoms with Gasteiger partial charge in [0, 0.05) is 38.9 Å². The maximum Gasteiger partial charge on any atom is 0.255 e. The first kappa shape index (κ1) is 18.5. The van der Waals surface area contributed by atoms with Crippen LogP contribution in [0.15, 0.2) is 23.0 Å². The third-order valence-electron chi connectivity index (χ3n) is 5.64. The van der Waals surface area contributed by atoms with E-state index in [4.69, 9.17) is 4.52 Å². The van der Waals surface area contributed by atoms with Crippen LogP contribution in [0.2, 0.25) is 0 Å². The molecule has 2 fully saturated rings. The van der Waals surface area contributed by atoms with Crippen LogP contribution >= 0.6 is 0 Å². The van der Waals surface area contributed by atoms with E-state index < -0.39 is 0 Å². The third kappa shape index (κ3) is 3.88. The molecule has 9 nitrogen and oxygen atoms in total. The van der Waals surface area contributed by atoms with Crippen molar-refractivity contribution in [1.82, 2.24) is 30.1 Å². The molecule has 2 amide bonds. The number of carbonyl (C=O) groups is 2. The Labute approximate surface area is 163 Å². The van der Waals surface area contributed by atoms with E-state index in [9.17, 15) is 9.59 Å². The number of aromatic nitrogens is 4. The molecular weight excluding hydrogens is 360 g/mol. The highest BCUT2D eigenvalue weighted by Gasteiger charge is 2.32. The van der Waals surface area contributed by atoms with Crippen LogP contribution in [0, 0.1) is 0 Å². The average Bonchev–Trinajstić information content (AvgIpc) is 3.31. The van der Waals surface area contributed by atoms with Gasteiger partial charge in [0.25, 0.3) is 5.91 Å². The molecule has 148 valence electrons. The Bertz CT molecular complexity index is 835. The van der Waals surface area contributed by atoms with Crippen LogP contribution in [0.1, 0.15) is 60.6 Å². The fraction of sp³-hybridized carbons (Fsp3) is 0.579. The molecule has 2 aliphatic rings. The normalized spacial score (nSPS) is 19.5. The Hall–Kier alpha value is -2.84. The molecule has 4 rings (SSSR count). The predicted octanol–water partition coefficient (Wildman–Crippen LogP) is 1.43. The fourth-order valence-electron chi connectivity index (χ4n) is 3.79. The maximum atomic E-state index is 12.6. The van der Waals surface area contributed by atoms with E-state index in [1.165, 1.54) is 18.8 Å². The molecule has 1 saturated carbocycles. The van der Waals surface area contributed by atoms with Gasteiger partial charge in [-0.1, -0.05) is 11.6 Å². The van der Waals surface area contributed by atoms with Crippen LogP contribution in [0.5, 0.6) is 0 Å². The molecule has 0 spiro atoms. The Morgan fingerprint density at radius 1 is 1.29 bits per heavy atom. The van der Waals surface area contributed by atoms with Gasteiger partial charge in [-0.15, -0.1) is 0 Å². The SMILES string of the molecule is CC(=O)N(CCc1noc(C2CCC2)n1)C1CCN(C(=O)c2ccnnc2)C1. The van der Waals surface area contributed by atoms with E-state index in [2.05, 4.69) is 20.3 Å². The second kappa shape index (κ2) is 8.04. The highest BCUT2D eigenvalue weighted by Crippen LogP contribution is 2.35. The molecule has 28 heavy (non-hydrogen) atoms. The summed E-state index contributed by atoms with van der Waals surface area (Å²) in [5, 5.41) is 11.5. The minimum atomic E-state index is -0.0794. The molecule has 0 N–H and O–H groups in total. The first-order chi connectivity index (χ1) is 13.6. The van der Waals surface area contributed by atoms with Crippen LogP contribution in [-0.4, -0.2) is 67.6 Å². The van der Waals surface area contributed by atoms with Crippen molar-refractivity contribution >= 4 is 11.8 Å². The van der Waals surface area contributed by atoms with Gasteiger partial charge in [0.1, 0.15) is 0 Å². The topological polar surface area (TPSA) is 105 Å². The van der Waals surface area contributed by atoms with Gasteiger partial charge in [-0.25, -0.2) is 0 Å². The predicted molar refractivity (Wildman–Crippen MR) is 98.3 cm³/mol. The molecule has 9 heteroatoms. The Kier molecular flexibility index (Phi) is 5.31. The van der Waals surface area contributed by atoms with Crippen molar-refractivity contribution in [3.63, 3.8) is 0 Å². The van der Waals surface area contributed by atoms with Gasteiger partial charge >= 0.3 is 0 Å². The largest absolute Gasteiger partial charge is 0.339 e. The lowest BCUT2D eigenvalue weighted by Crippen LogP contribution is -2.42. The average molecular weight is 384 g/mol. The number of nitrogens with zero attached hydrogens (tertiary/aromatic N) is 6. The van der Waals surface area contributed by atoms with Crippen LogP contribution in [0.4, 0.5) is 0 Å². The van der Waals surface area contributed by atoms with E-state index in [1.807, 2.05) is 4.90 Å². The van der Waals surface area contributed by atoms with Gasteiger partial charge in [-0.3, -0.25) is 9.59 Å². The lowest BCUT2D eigenvalue weighted by molar-refractivity contribution is -0.130. The first-order valence-corrected chi connectivity index (χ1v) is 9.77. The summed E-state index contributed by atoms with van der Waals surface area (Å²) < 4.78 is 5.36. The van der Waals surface area contributed by atoms with Gasteiger partial charge in [-0.2, -0.15) is 15.2 Å². The van der Waals surface area contributed by atoms with Crippen LogP contribution in [0.25, 0.3) is 0 Å². The number of hydrogen-bond acceptors (Lipinski definition) is 7. The highest BCUT2D eigenvalue weighted by molar-refractivity contribution is 5.94. The lowest BCUT2D eigenvalue weighted by Gasteiger charge is -2.27. The molecule has 1 atom stereocenters. The van der Waals surface area contributed by atoms with Crippen LogP contribution < -0.4 is 0 Å². The number of amides is 2. The monoisotopic (exact) mass is 384 g/mol. The van der Waals surface area contributed by atoms with E-state index in [-0.39, 0.29) is 17.9 Å². The molecule has 2 aromatic heterocycles. The molecule has 1 unspecified atom stereocenters. The maximum absolute atomic E-state index is 12.6. The van der Waals surface area contributed by atoms with Gasteiger partial charge in [0.05, 0.1) is 24.0 Å². The Balaban J connectivity index is 1.35. The molecule has 0 radical (unpaired) electrons. The zero-order valence-electron chi connectivity index (χ0n) is 16.0. The van der Waals surface area contributed by atoms with Crippen molar-refractivity contribution in [3.05, 3.63) is 35.7 Å². The third-order valence-corrected chi connectivity index (χ3v) is 5.64. The number of hydrogen-bond donors (Lipinski definition) is 0. The van der Waals surface area contributed by atoms with Crippen LogP contribution in [0.3, 0.4) is 0 Å². The van der Waals surface area contributed by atoms with E-state index in [1.54, 1.807) is 17.9 Å². The smallest absolute Gasteiger partial charge is 0.255 e. The second-order valence-corrected chi connectivity index (χ2v) is 7.46. The van der Waals surface area contributed by atoms with Crippen molar-refractivity contribution in [3.8, 4) is 0 Å². The quantitative estimate of drug-likeness (QED) is 0.742. The molecule has 0 bridgehead atoms. The van der Waals surface area contributed by atoms with Crippen molar-refractivity contribution < 1.29 is 14.1 Å². The number of likely N-dealkylation sites (tertiary alicyclic amines) is 1. The summed E-state index contributed by atoms with van der Waals surface area (Å²) in [6.45, 7) is 3.21. The summed E-state index contributed by atoms with van der Waals surface area (Å²) in [5.41, 5.74) is 0.514. The molecule has 1 saturated heterocycles. The molecule has 1 aliphatic heterocycles. The number of rotatable bonds is 6. The minimum Gasteiger partial charge on any atom is -0.339 e. The van der Waals surface area contributed by atoms with Crippen molar-refractivity contribution in [2.45, 2.75) is 51.0 Å². The number of carbonyl (C=O) groups excluding carboxylic acids is 2. The van der Waals surface area contributed by atoms with Gasteiger partial charge in [0.2, 0.25) is 11.8 Å². The summed E-state index contributed by atoms with van der Waals surface area (Å²) >= 11 is 0. The summed E-state index contributed by atoms with van der Waals surface area (Å²) in [4.78, 5) is 32.9. The van der Waals surface area contributed by atoms with Gasteiger partial charge < -0.3 is 14.3 Å². The summed E-state index contributed by atoms with van der Waals surface area (Å²) in [6.07, 6.45) is 7.71. The van der Waals surface area contributed by atoms with E-state index in [0.717, 1.165) is 25.2 Å². The molecule has 1 aliphatic carbocycles. The van der Waals surface area contributed by atoms with Crippen molar-refractivity contribution in [2.24, 2.45) is 0 Å². The van der Waals surface area contributed by atoms with E-state index >= 15 is 0 Å². The highest BCUT2D eigenvalue weighted by atomic mass is 16.5. The van der Waals surface area contributed by atoms with Crippen LogP contribution in [-0.2, 0) is 11.2 Å². The fourth-order valence-corrected chi connectivity index (χ4v) is 3.79. The standard InChI is InChI=1S/C19H24N6O3/c1-13(26)25(10-7-17-22-18(28-23-17)14-3-2-4-14)16-6-9-24(12-16)19(27)15-5-8-20-21-11-15/h5,8,11,14,16H,2-4,6-7,9-10,12H2,1H3. The minimum absolute atomic E-state index is 0.00532. The molecular formula is C19H24N6O3. The second-order valence-electron chi connectivity index (χ2n) is 7.46. The Morgan fingerprint density at radius 3 is 2.82 bits per heavy atom. The van der Waals surface area contributed by atoms with E-state index in [0.29, 0.717) is 43.4 Å². The lowest BCUT2D eigenvalue weighted by atomic mass is 9.85. The molecule has 3 heterocycles. The zero-order chi connectivity index (χ0) is 19.5. The van der Waals surface area contributed by atoms with Crippen molar-refractivity contribution in [2.75, 3.05) is 19.6 Å². The summed E-state index contributed by atoms with van der Waals surface area (Å²) in [5.74, 6) is 1.68. The Morgan fingerprint density at radius 2 is 2.14 bits per heavy atom. The molecule has 2 aromatic rings.